The first-order chi connectivity index (χ1) is 12.0. The van der Waals surface area contributed by atoms with Crippen molar-refractivity contribution in [3.63, 3.8) is 0 Å². The standard InChI is InChI=1S/C18H25N3O4/c1-2-25-16(22)11-12-3-5-13(6-4-12)14-7-9-15(10-8-14)20-17(23)18(24)21-19/h7-10,12-13H,2-6,11,19H2,1H3,(H,20,23)(H,21,24). The molecule has 1 aliphatic carbocycles. The van der Waals surface area contributed by atoms with Crippen molar-refractivity contribution in [2.24, 2.45) is 11.8 Å². The van der Waals surface area contributed by atoms with Crippen LogP contribution in [0.15, 0.2) is 24.3 Å². The summed E-state index contributed by atoms with van der Waals surface area (Å²) in [7, 11) is 0. The van der Waals surface area contributed by atoms with E-state index >= 15 is 0 Å². The zero-order valence-electron chi connectivity index (χ0n) is 14.4. The fourth-order valence-corrected chi connectivity index (χ4v) is 3.25. The van der Waals surface area contributed by atoms with E-state index in [4.69, 9.17) is 10.6 Å². The number of hydrogen-bond acceptors (Lipinski definition) is 5. The summed E-state index contributed by atoms with van der Waals surface area (Å²) < 4.78 is 5.02. The second kappa shape index (κ2) is 9.17. The Hall–Kier alpha value is -2.41. The molecule has 1 fully saturated rings. The number of rotatable bonds is 5. The normalized spacial score (nSPS) is 19.8. The number of amides is 2. The number of esters is 1. The minimum absolute atomic E-state index is 0.104. The van der Waals surface area contributed by atoms with Crippen LogP contribution in [0, 0.1) is 5.92 Å². The minimum Gasteiger partial charge on any atom is -0.466 e. The molecule has 0 saturated heterocycles. The van der Waals surface area contributed by atoms with Crippen LogP contribution in [0.4, 0.5) is 5.69 Å². The average Bonchev–Trinajstić information content (AvgIpc) is 2.62. The number of nitrogens with two attached hydrogens (primary N) is 1. The zero-order chi connectivity index (χ0) is 18.2. The third-order valence-corrected chi connectivity index (χ3v) is 4.58. The van der Waals surface area contributed by atoms with Gasteiger partial charge in [0.2, 0.25) is 0 Å². The molecule has 1 saturated carbocycles. The fraction of sp³-hybridized carbons (Fsp3) is 0.500. The topological polar surface area (TPSA) is 111 Å². The first kappa shape index (κ1) is 18.9. The van der Waals surface area contributed by atoms with E-state index in [0.717, 1.165) is 25.7 Å². The highest BCUT2D eigenvalue weighted by atomic mass is 16.5. The van der Waals surface area contributed by atoms with Gasteiger partial charge in [-0.05, 0) is 62.1 Å². The average molecular weight is 347 g/mol. The number of hydrazine groups is 1. The van der Waals surface area contributed by atoms with E-state index in [1.165, 1.54) is 5.56 Å². The summed E-state index contributed by atoms with van der Waals surface area (Å²) >= 11 is 0. The monoisotopic (exact) mass is 347 g/mol. The van der Waals surface area contributed by atoms with E-state index in [1.54, 1.807) is 17.6 Å². The number of ether oxygens (including phenoxy) is 1. The highest BCUT2D eigenvalue weighted by Gasteiger charge is 2.24. The summed E-state index contributed by atoms with van der Waals surface area (Å²) in [5.74, 6) is 3.99. The number of hydrogen-bond donors (Lipinski definition) is 3. The molecule has 0 bridgehead atoms. The molecule has 2 amide bonds. The van der Waals surface area contributed by atoms with Gasteiger partial charge in [-0.25, -0.2) is 5.84 Å². The maximum Gasteiger partial charge on any atom is 0.323 e. The van der Waals surface area contributed by atoms with Crippen LogP contribution in [0.1, 0.15) is 50.5 Å². The lowest BCUT2D eigenvalue weighted by atomic mass is 9.77. The molecule has 1 aliphatic rings. The van der Waals surface area contributed by atoms with Crippen LogP contribution in [0.3, 0.4) is 0 Å². The summed E-state index contributed by atoms with van der Waals surface area (Å²) in [6.07, 6.45) is 4.60. The van der Waals surface area contributed by atoms with Crippen molar-refractivity contribution in [3.05, 3.63) is 29.8 Å². The molecule has 1 aromatic rings. The van der Waals surface area contributed by atoms with Gasteiger partial charge in [-0.15, -0.1) is 0 Å². The van der Waals surface area contributed by atoms with Gasteiger partial charge in [-0.2, -0.15) is 0 Å². The Kier molecular flexibility index (Phi) is 6.94. The molecule has 4 N–H and O–H groups in total. The van der Waals surface area contributed by atoms with Crippen molar-refractivity contribution in [2.75, 3.05) is 11.9 Å². The van der Waals surface area contributed by atoms with Gasteiger partial charge in [-0.3, -0.25) is 19.8 Å². The van der Waals surface area contributed by atoms with E-state index in [-0.39, 0.29) is 5.97 Å². The van der Waals surface area contributed by atoms with Gasteiger partial charge in [0.05, 0.1) is 6.61 Å². The Labute approximate surface area is 147 Å². The molecule has 0 atom stereocenters. The molecule has 0 spiro atoms. The molecule has 2 rings (SSSR count). The molecule has 25 heavy (non-hydrogen) atoms. The Bertz CT molecular complexity index is 607. The Morgan fingerprint density at radius 2 is 1.72 bits per heavy atom. The summed E-state index contributed by atoms with van der Waals surface area (Å²) in [6.45, 7) is 2.26. The fourth-order valence-electron chi connectivity index (χ4n) is 3.25. The van der Waals surface area contributed by atoms with Crippen LogP contribution in [-0.2, 0) is 19.1 Å². The third kappa shape index (κ3) is 5.56. The lowest BCUT2D eigenvalue weighted by Gasteiger charge is -2.28. The van der Waals surface area contributed by atoms with Crippen molar-refractivity contribution in [1.82, 2.24) is 5.43 Å². The molecule has 7 nitrogen and oxygen atoms in total. The quantitative estimate of drug-likeness (QED) is 0.247. The van der Waals surface area contributed by atoms with Crippen LogP contribution in [0.25, 0.3) is 0 Å². The van der Waals surface area contributed by atoms with E-state index < -0.39 is 11.8 Å². The van der Waals surface area contributed by atoms with Crippen molar-refractivity contribution in [3.8, 4) is 0 Å². The van der Waals surface area contributed by atoms with Gasteiger partial charge >= 0.3 is 17.8 Å². The lowest BCUT2D eigenvalue weighted by Crippen LogP contribution is -2.39. The van der Waals surface area contributed by atoms with Gasteiger partial charge in [-0.1, -0.05) is 12.1 Å². The molecule has 0 radical (unpaired) electrons. The highest BCUT2D eigenvalue weighted by molar-refractivity contribution is 6.39. The first-order valence-corrected chi connectivity index (χ1v) is 8.61. The van der Waals surface area contributed by atoms with E-state index in [2.05, 4.69) is 5.32 Å². The molecule has 1 aromatic carbocycles. The van der Waals surface area contributed by atoms with Crippen molar-refractivity contribution in [1.29, 1.82) is 0 Å². The van der Waals surface area contributed by atoms with Crippen LogP contribution in [-0.4, -0.2) is 24.4 Å². The summed E-state index contributed by atoms with van der Waals surface area (Å²) in [5, 5.41) is 2.48. The predicted molar refractivity (Wildman–Crippen MR) is 93.4 cm³/mol. The highest BCUT2D eigenvalue weighted by Crippen LogP contribution is 2.37. The smallest absolute Gasteiger partial charge is 0.323 e. The molecule has 136 valence electrons. The van der Waals surface area contributed by atoms with Gasteiger partial charge in [0.25, 0.3) is 0 Å². The molecule has 0 unspecified atom stereocenters. The van der Waals surface area contributed by atoms with Crippen LogP contribution in [0.2, 0.25) is 0 Å². The second-order valence-corrected chi connectivity index (χ2v) is 6.28. The third-order valence-electron chi connectivity index (χ3n) is 4.58. The van der Waals surface area contributed by atoms with E-state index in [0.29, 0.717) is 30.6 Å². The first-order valence-electron chi connectivity index (χ1n) is 8.61. The van der Waals surface area contributed by atoms with Gasteiger partial charge in [0.15, 0.2) is 0 Å². The van der Waals surface area contributed by atoms with Gasteiger partial charge in [0.1, 0.15) is 0 Å². The second-order valence-electron chi connectivity index (χ2n) is 6.28. The predicted octanol–water partition coefficient (Wildman–Crippen LogP) is 1.84. The maximum atomic E-state index is 11.6. The Morgan fingerprint density at radius 1 is 1.08 bits per heavy atom. The molecule has 0 heterocycles. The number of benzene rings is 1. The number of anilines is 1. The van der Waals surface area contributed by atoms with Crippen LogP contribution >= 0.6 is 0 Å². The Balaban J connectivity index is 1.84. The summed E-state index contributed by atoms with van der Waals surface area (Å²) in [4.78, 5) is 34.1. The number of nitrogens with one attached hydrogen (secondary N) is 2. The molecular weight excluding hydrogens is 322 g/mol. The molecular formula is C18H25N3O4. The molecule has 0 aromatic heterocycles. The zero-order valence-corrected chi connectivity index (χ0v) is 14.4. The molecule has 7 heteroatoms. The summed E-state index contributed by atoms with van der Waals surface area (Å²) in [5.41, 5.74) is 3.54. The van der Waals surface area contributed by atoms with E-state index in [1.807, 2.05) is 19.1 Å². The van der Waals surface area contributed by atoms with Crippen molar-refractivity contribution >= 4 is 23.5 Å². The van der Waals surface area contributed by atoms with Gasteiger partial charge in [0, 0.05) is 12.1 Å². The summed E-state index contributed by atoms with van der Waals surface area (Å²) in [6, 6.07) is 7.49. The van der Waals surface area contributed by atoms with Crippen LogP contribution in [0.5, 0.6) is 0 Å². The van der Waals surface area contributed by atoms with Crippen molar-refractivity contribution in [2.45, 2.75) is 44.9 Å². The lowest BCUT2D eigenvalue weighted by molar-refractivity contribution is -0.144. The number of carbonyl (C=O) groups excluding carboxylic acids is 3. The number of carbonyl (C=O) groups is 3. The largest absolute Gasteiger partial charge is 0.466 e. The Morgan fingerprint density at radius 3 is 2.28 bits per heavy atom. The minimum atomic E-state index is -0.885. The van der Waals surface area contributed by atoms with Crippen LogP contribution < -0.4 is 16.6 Å². The van der Waals surface area contributed by atoms with Crippen molar-refractivity contribution < 1.29 is 19.1 Å². The molecule has 0 aliphatic heterocycles. The van der Waals surface area contributed by atoms with E-state index in [9.17, 15) is 14.4 Å². The van der Waals surface area contributed by atoms with Gasteiger partial charge < -0.3 is 10.1 Å². The maximum absolute atomic E-state index is 11.6. The SMILES string of the molecule is CCOC(=O)CC1CCC(c2ccc(NC(=O)C(=O)NN)cc2)CC1.